The van der Waals surface area contributed by atoms with Crippen LogP contribution in [0.2, 0.25) is 0 Å². The first kappa shape index (κ1) is 22.0. The molecule has 0 amide bonds. The minimum Gasteiger partial charge on any atom is -0.493 e. The number of rotatable bonds is 7. The maximum Gasteiger partial charge on any atom is 0.218 e. The lowest BCUT2D eigenvalue weighted by atomic mass is 10.1. The van der Waals surface area contributed by atoms with Crippen molar-refractivity contribution in [2.24, 2.45) is 0 Å². The van der Waals surface area contributed by atoms with E-state index in [1.807, 2.05) is 60.7 Å². The van der Waals surface area contributed by atoms with E-state index in [9.17, 15) is 8.42 Å². The molecule has 0 unspecified atom stereocenters. The van der Waals surface area contributed by atoms with Crippen LogP contribution in [0.1, 0.15) is 5.56 Å². The number of hydrogen-bond acceptors (Lipinski definition) is 7. The topological polar surface area (TPSA) is 84.9 Å². The van der Waals surface area contributed by atoms with E-state index < -0.39 is 10.0 Å². The first-order chi connectivity index (χ1) is 15.5. The summed E-state index contributed by atoms with van der Waals surface area (Å²) in [6.07, 6.45) is 0. The van der Waals surface area contributed by atoms with Gasteiger partial charge in [0.2, 0.25) is 10.0 Å². The van der Waals surface area contributed by atoms with Gasteiger partial charge in [0.25, 0.3) is 0 Å². The SMILES string of the molecule is COc1ccc(-c2ccc(N3CCN(S(=O)(=O)Cc4ccccc4)CC3)nn2)cc1OC. The van der Waals surface area contributed by atoms with E-state index in [4.69, 9.17) is 9.47 Å². The quantitative estimate of drug-likeness (QED) is 0.543. The molecule has 32 heavy (non-hydrogen) atoms. The second-order valence-electron chi connectivity index (χ2n) is 7.47. The average molecular weight is 455 g/mol. The van der Waals surface area contributed by atoms with Gasteiger partial charge >= 0.3 is 0 Å². The number of methoxy groups -OCH3 is 2. The zero-order valence-electron chi connectivity index (χ0n) is 18.1. The van der Waals surface area contributed by atoms with Crippen molar-refractivity contribution >= 4 is 15.8 Å². The van der Waals surface area contributed by atoms with E-state index >= 15 is 0 Å². The monoisotopic (exact) mass is 454 g/mol. The fourth-order valence-corrected chi connectivity index (χ4v) is 5.23. The maximum absolute atomic E-state index is 12.8. The standard InChI is InChI=1S/C23H26N4O4S/c1-30-21-10-8-19(16-22(21)31-2)20-9-11-23(25-24-20)26-12-14-27(15-13-26)32(28,29)17-18-6-4-3-5-7-18/h3-11,16H,12-15,17H2,1-2H3. The molecule has 4 rings (SSSR count). The van der Waals surface area contributed by atoms with Crippen molar-refractivity contribution < 1.29 is 17.9 Å². The Kier molecular flexibility index (Phi) is 6.57. The molecule has 1 aliphatic rings. The first-order valence-corrected chi connectivity index (χ1v) is 11.9. The van der Waals surface area contributed by atoms with Gasteiger partial charge in [0.1, 0.15) is 0 Å². The van der Waals surface area contributed by atoms with Crippen molar-refractivity contribution in [1.82, 2.24) is 14.5 Å². The molecule has 8 nitrogen and oxygen atoms in total. The van der Waals surface area contributed by atoms with Gasteiger partial charge in [-0.2, -0.15) is 4.31 Å². The predicted octanol–water partition coefficient (Wildman–Crippen LogP) is 2.81. The molecule has 2 aromatic carbocycles. The first-order valence-electron chi connectivity index (χ1n) is 10.3. The zero-order valence-corrected chi connectivity index (χ0v) is 19.0. The Morgan fingerprint density at radius 3 is 2.19 bits per heavy atom. The van der Waals surface area contributed by atoms with Crippen LogP contribution in [0.3, 0.4) is 0 Å². The summed E-state index contributed by atoms with van der Waals surface area (Å²) in [5.74, 6) is 2.03. The Balaban J connectivity index is 1.40. The molecular formula is C23H26N4O4S. The zero-order chi connectivity index (χ0) is 22.6. The molecular weight excluding hydrogens is 428 g/mol. The van der Waals surface area contributed by atoms with Crippen LogP contribution < -0.4 is 14.4 Å². The van der Waals surface area contributed by atoms with Crippen LogP contribution in [-0.4, -0.2) is 63.3 Å². The summed E-state index contributed by atoms with van der Waals surface area (Å²) >= 11 is 0. The molecule has 0 spiro atoms. The van der Waals surface area contributed by atoms with E-state index in [0.29, 0.717) is 37.7 Å². The number of piperazine rings is 1. The minimum absolute atomic E-state index is 0.0215. The van der Waals surface area contributed by atoms with Crippen molar-refractivity contribution in [2.75, 3.05) is 45.3 Å². The molecule has 3 aromatic rings. The Labute approximate surface area is 188 Å². The average Bonchev–Trinajstić information content (AvgIpc) is 2.84. The third-order valence-electron chi connectivity index (χ3n) is 5.48. The fraction of sp³-hybridized carbons (Fsp3) is 0.304. The van der Waals surface area contributed by atoms with Gasteiger partial charge in [-0.15, -0.1) is 10.2 Å². The summed E-state index contributed by atoms with van der Waals surface area (Å²) in [4.78, 5) is 2.06. The lowest BCUT2D eigenvalue weighted by molar-refractivity contribution is 0.355. The lowest BCUT2D eigenvalue weighted by Gasteiger charge is -2.34. The van der Waals surface area contributed by atoms with E-state index in [-0.39, 0.29) is 5.75 Å². The fourth-order valence-electron chi connectivity index (χ4n) is 3.71. The van der Waals surface area contributed by atoms with Crippen LogP contribution in [0.25, 0.3) is 11.3 Å². The Hall–Kier alpha value is -3.17. The Bertz CT molecular complexity index is 1150. The normalized spacial score (nSPS) is 14.9. The van der Waals surface area contributed by atoms with Crippen molar-refractivity contribution in [2.45, 2.75) is 5.75 Å². The number of ether oxygens (including phenoxy) is 2. The van der Waals surface area contributed by atoms with Gasteiger partial charge in [-0.3, -0.25) is 0 Å². The number of anilines is 1. The van der Waals surface area contributed by atoms with Gasteiger partial charge in [-0.1, -0.05) is 30.3 Å². The van der Waals surface area contributed by atoms with Crippen molar-refractivity contribution in [1.29, 1.82) is 0 Å². The number of nitrogens with zero attached hydrogens (tertiary/aromatic N) is 4. The molecule has 0 radical (unpaired) electrons. The summed E-state index contributed by atoms with van der Waals surface area (Å²) in [5.41, 5.74) is 2.39. The Morgan fingerprint density at radius 2 is 1.56 bits per heavy atom. The molecule has 0 bridgehead atoms. The van der Waals surface area contributed by atoms with Crippen LogP contribution in [0.5, 0.6) is 11.5 Å². The van der Waals surface area contributed by atoms with Crippen molar-refractivity contribution in [3.05, 3.63) is 66.2 Å². The van der Waals surface area contributed by atoms with Crippen LogP contribution in [0.4, 0.5) is 5.82 Å². The second kappa shape index (κ2) is 9.54. The van der Waals surface area contributed by atoms with E-state index in [1.54, 1.807) is 18.5 Å². The number of hydrogen-bond donors (Lipinski definition) is 0. The lowest BCUT2D eigenvalue weighted by Crippen LogP contribution is -2.49. The number of aromatic nitrogens is 2. The third-order valence-corrected chi connectivity index (χ3v) is 7.33. The van der Waals surface area contributed by atoms with Gasteiger partial charge in [0.15, 0.2) is 17.3 Å². The van der Waals surface area contributed by atoms with Gasteiger partial charge < -0.3 is 14.4 Å². The molecule has 9 heteroatoms. The smallest absolute Gasteiger partial charge is 0.218 e. The molecule has 2 heterocycles. The molecule has 0 N–H and O–H groups in total. The molecule has 1 fully saturated rings. The third kappa shape index (κ3) is 4.84. The van der Waals surface area contributed by atoms with Crippen molar-refractivity contribution in [3.8, 4) is 22.8 Å². The Morgan fingerprint density at radius 1 is 0.844 bits per heavy atom. The van der Waals surface area contributed by atoms with Crippen LogP contribution in [0, 0.1) is 0 Å². The van der Waals surface area contributed by atoms with Gasteiger partial charge in [0, 0.05) is 31.7 Å². The van der Waals surface area contributed by atoms with E-state index in [2.05, 4.69) is 15.1 Å². The minimum atomic E-state index is -3.35. The highest BCUT2D eigenvalue weighted by Gasteiger charge is 2.27. The van der Waals surface area contributed by atoms with Crippen LogP contribution in [-0.2, 0) is 15.8 Å². The summed E-state index contributed by atoms with van der Waals surface area (Å²) < 4.78 is 37.7. The molecule has 0 saturated carbocycles. The van der Waals surface area contributed by atoms with E-state index in [1.165, 1.54) is 0 Å². The highest BCUT2D eigenvalue weighted by molar-refractivity contribution is 7.88. The maximum atomic E-state index is 12.8. The molecule has 0 aliphatic carbocycles. The van der Waals surface area contributed by atoms with Gasteiger partial charge in [0.05, 0.1) is 25.7 Å². The number of benzene rings is 2. The van der Waals surface area contributed by atoms with Crippen molar-refractivity contribution in [3.63, 3.8) is 0 Å². The number of sulfonamides is 1. The highest BCUT2D eigenvalue weighted by atomic mass is 32.2. The van der Waals surface area contributed by atoms with Crippen LogP contribution >= 0.6 is 0 Å². The van der Waals surface area contributed by atoms with Crippen LogP contribution in [0.15, 0.2) is 60.7 Å². The highest BCUT2D eigenvalue weighted by Crippen LogP contribution is 2.31. The second-order valence-corrected chi connectivity index (χ2v) is 9.44. The predicted molar refractivity (Wildman–Crippen MR) is 123 cm³/mol. The molecule has 0 atom stereocenters. The molecule has 1 aliphatic heterocycles. The van der Waals surface area contributed by atoms with Gasteiger partial charge in [-0.25, -0.2) is 8.42 Å². The molecule has 168 valence electrons. The van der Waals surface area contributed by atoms with Gasteiger partial charge in [-0.05, 0) is 35.9 Å². The molecule has 1 aromatic heterocycles. The summed E-state index contributed by atoms with van der Waals surface area (Å²) in [5, 5.41) is 8.73. The largest absolute Gasteiger partial charge is 0.493 e. The molecule has 1 saturated heterocycles. The summed E-state index contributed by atoms with van der Waals surface area (Å²) in [6, 6.07) is 18.7. The summed E-state index contributed by atoms with van der Waals surface area (Å²) in [6.45, 7) is 1.99. The summed E-state index contributed by atoms with van der Waals surface area (Å²) in [7, 11) is -0.159. The van der Waals surface area contributed by atoms with E-state index in [0.717, 1.165) is 22.6 Å².